The quantitative estimate of drug-likeness (QED) is 0.757. The van der Waals surface area contributed by atoms with E-state index in [2.05, 4.69) is 48.8 Å². The molecule has 0 radical (unpaired) electrons. The number of aromatic nitrogens is 2. The van der Waals surface area contributed by atoms with Crippen molar-refractivity contribution in [2.75, 3.05) is 0 Å². The molecule has 3 heteroatoms. The van der Waals surface area contributed by atoms with E-state index < -0.39 is 0 Å². The molecule has 1 unspecified atom stereocenters. The van der Waals surface area contributed by atoms with Crippen molar-refractivity contribution in [3.05, 3.63) is 51.8 Å². The van der Waals surface area contributed by atoms with E-state index in [1.165, 1.54) is 22.4 Å². The Morgan fingerprint density at radius 1 is 1.21 bits per heavy atom. The van der Waals surface area contributed by atoms with Gasteiger partial charge in [-0.05, 0) is 45.7 Å². The van der Waals surface area contributed by atoms with Crippen LogP contribution in [0.25, 0.3) is 0 Å². The summed E-state index contributed by atoms with van der Waals surface area (Å²) < 4.78 is 2.06. The van der Waals surface area contributed by atoms with Crippen LogP contribution in [0, 0.1) is 27.7 Å². The maximum atomic E-state index is 6.23. The number of alkyl halides is 1. The van der Waals surface area contributed by atoms with Crippen LogP contribution in [-0.2, 0) is 6.54 Å². The fraction of sp³-hybridized carbons (Fsp3) is 0.438. The van der Waals surface area contributed by atoms with Crippen LogP contribution >= 0.6 is 11.6 Å². The number of aryl methyl sites for hydroxylation is 3. The second kappa shape index (κ2) is 5.38. The highest BCUT2D eigenvalue weighted by atomic mass is 35.5. The molecular weight excluding hydrogens is 256 g/mol. The highest BCUT2D eigenvalue weighted by Gasteiger charge is 2.16. The molecule has 1 aromatic heterocycles. The van der Waals surface area contributed by atoms with Crippen molar-refractivity contribution in [1.82, 2.24) is 9.78 Å². The molecule has 0 aliphatic rings. The van der Waals surface area contributed by atoms with E-state index >= 15 is 0 Å². The zero-order chi connectivity index (χ0) is 14.2. The molecule has 1 aromatic carbocycles. The van der Waals surface area contributed by atoms with Crippen molar-refractivity contribution in [3.8, 4) is 0 Å². The monoisotopic (exact) mass is 276 g/mol. The molecular formula is C16H21ClN2. The summed E-state index contributed by atoms with van der Waals surface area (Å²) in [6.45, 7) is 11.2. The van der Waals surface area contributed by atoms with Crippen molar-refractivity contribution < 1.29 is 0 Å². The molecule has 19 heavy (non-hydrogen) atoms. The SMILES string of the molecule is Cc1ccc(C)c(Cn2nc(C)c(C(C)Cl)c2C)c1. The molecule has 0 saturated carbocycles. The van der Waals surface area contributed by atoms with E-state index in [-0.39, 0.29) is 5.38 Å². The van der Waals surface area contributed by atoms with E-state index in [4.69, 9.17) is 11.6 Å². The molecule has 0 aliphatic heterocycles. The average molecular weight is 277 g/mol. The van der Waals surface area contributed by atoms with Gasteiger partial charge in [-0.15, -0.1) is 11.6 Å². The summed E-state index contributed by atoms with van der Waals surface area (Å²) in [5.74, 6) is 0. The molecule has 2 aromatic rings. The predicted molar refractivity (Wildman–Crippen MR) is 81.0 cm³/mol. The highest BCUT2D eigenvalue weighted by Crippen LogP contribution is 2.26. The fourth-order valence-corrected chi connectivity index (χ4v) is 2.89. The molecule has 0 aliphatic carbocycles. The summed E-state index contributed by atoms with van der Waals surface area (Å²) in [4.78, 5) is 0. The number of benzene rings is 1. The predicted octanol–water partition coefficient (Wildman–Crippen LogP) is 4.46. The zero-order valence-electron chi connectivity index (χ0n) is 12.3. The van der Waals surface area contributed by atoms with Gasteiger partial charge in [0.2, 0.25) is 0 Å². The summed E-state index contributed by atoms with van der Waals surface area (Å²) in [6.07, 6.45) is 0. The Morgan fingerprint density at radius 3 is 2.47 bits per heavy atom. The van der Waals surface area contributed by atoms with Gasteiger partial charge in [0.1, 0.15) is 0 Å². The van der Waals surface area contributed by atoms with Gasteiger partial charge in [0, 0.05) is 11.3 Å². The maximum absolute atomic E-state index is 6.23. The smallest absolute Gasteiger partial charge is 0.0665 e. The number of hydrogen-bond acceptors (Lipinski definition) is 1. The van der Waals surface area contributed by atoms with Gasteiger partial charge >= 0.3 is 0 Å². The summed E-state index contributed by atoms with van der Waals surface area (Å²) >= 11 is 6.23. The van der Waals surface area contributed by atoms with E-state index in [1.807, 2.05) is 13.8 Å². The van der Waals surface area contributed by atoms with Crippen LogP contribution in [0.15, 0.2) is 18.2 Å². The van der Waals surface area contributed by atoms with E-state index in [1.54, 1.807) is 0 Å². The largest absolute Gasteiger partial charge is 0.265 e. The van der Waals surface area contributed by atoms with Crippen LogP contribution in [0.3, 0.4) is 0 Å². The van der Waals surface area contributed by atoms with Crippen molar-refractivity contribution >= 4 is 11.6 Å². The first-order chi connectivity index (χ1) is 8.90. The standard InChI is InChI=1S/C16H21ClN2/c1-10-6-7-11(2)15(8-10)9-19-14(5)16(12(3)17)13(4)18-19/h6-8,12H,9H2,1-5H3. The maximum Gasteiger partial charge on any atom is 0.0665 e. The normalized spacial score (nSPS) is 12.7. The van der Waals surface area contributed by atoms with Crippen molar-refractivity contribution in [3.63, 3.8) is 0 Å². The molecule has 2 nitrogen and oxygen atoms in total. The average Bonchev–Trinajstić information content (AvgIpc) is 2.59. The van der Waals surface area contributed by atoms with Gasteiger partial charge in [-0.2, -0.15) is 5.10 Å². The molecule has 102 valence electrons. The lowest BCUT2D eigenvalue weighted by molar-refractivity contribution is 0.655. The summed E-state index contributed by atoms with van der Waals surface area (Å²) in [5.41, 5.74) is 7.27. The Labute approximate surface area is 120 Å². The first-order valence-electron chi connectivity index (χ1n) is 6.64. The molecule has 1 atom stereocenters. The van der Waals surface area contributed by atoms with Gasteiger partial charge in [-0.3, -0.25) is 4.68 Å². The van der Waals surface area contributed by atoms with Gasteiger partial charge in [-0.25, -0.2) is 0 Å². The van der Waals surface area contributed by atoms with Crippen LogP contribution in [0.4, 0.5) is 0 Å². The molecule has 0 N–H and O–H groups in total. The van der Waals surface area contributed by atoms with E-state index in [9.17, 15) is 0 Å². The Bertz CT molecular complexity index is 597. The van der Waals surface area contributed by atoms with Crippen LogP contribution in [0.5, 0.6) is 0 Å². The van der Waals surface area contributed by atoms with Crippen LogP contribution < -0.4 is 0 Å². The first-order valence-corrected chi connectivity index (χ1v) is 7.08. The van der Waals surface area contributed by atoms with Crippen LogP contribution in [0.2, 0.25) is 0 Å². The van der Waals surface area contributed by atoms with E-state index in [0.717, 1.165) is 17.8 Å². The molecule has 2 rings (SSSR count). The lowest BCUT2D eigenvalue weighted by Crippen LogP contribution is -2.06. The second-order valence-electron chi connectivity index (χ2n) is 5.29. The zero-order valence-corrected chi connectivity index (χ0v) is 13.0. The molecule has 0 fully saturated rings. The lowest BCUT2D eigenvalue weighted by atomic mass is 10.1. The van der Waals surface area contributed by atoms with Crippen molar-refractivity contribution in [1.29, 1.82) is 0 Å². The molecule has 0 saturated heterocycles. The number of halogens is 1. The van der Waals surface area contributed by atoms with Crippen molar-refractivity contribution in [2.24, 2.45) is 0 Å². The fourth-order valence-electron chi connectivity index (χ4n) is 2.57. The van der Waals surface area contributed by atoms with Crippen LogP contribution in [0.1, 0.15) is 45.9 Å². The Hall–Kier alpha value is -1.28. The minimum Gasteiger partial charge on any atom is -0.265 e. The molecule has 0 spiro atoms. The molecule has 0 amide bonds. The summed E-state index contributed by atoms with van der Waals surface area (Å²) in [6, 6.07) is 6.54. The topological polar surface area (TPSA) is 17.8 Å². The summed E-state index contributed by atoms with van der Waals surface area (Å²) in [7, 11) is 0. The van der Waals surface area contributed by atoms with Crippen molar-refractivity contribution in [2.45, 2.75) is 46.5 Å². The lowest BCUT2D eigenvalue weighted by Gasteiger charge is -2.10. The minimum absolute atomic E-state index is 0.00681. The third kappa shape index (κ3) is 2.84. The highest BCUT2D eigenvalue weighted by molar-refractivity contribution is 6.20. The Balaban J connectivity index is 2.39. The minimum atomic E-state index is 0.00681. The first kappa shape index (κ1) is 14.1. The van der Waals surface area contributed by atoms with Gasteiger partial charge in [0.25, 0.3) is 0 Å². The van der Waals surface area contributed by atoms with Gasteiger partial charge < -0.3 is 0 Å². The molecule has 1 heterocycles. The van der Waals surface area contributed by atoms with Gasteiger partial charge in [0.15, 0.2) is 0 Å². The third-order valence-corrected chi connectivity index (χ3v) is 3.88. The van der Waals surface area contributed by atoms with Gasteiger partial charge in [-0.1, -0.05) is 23.8 Å². The number of hydrogen-bond donors (Lipinski definition) is 0. The number of rotatable bonds is 3. The van der Waals surface area contributed by atoms with E-state index in [0.29, 0.717) is 0 Å². The third-order valence-electron chi connectivity index (χ3n) is 3.66. The summed E-state index contributed by atoms with van der Waals surface area (Å²) in [5, 5.41) is 4.64. The Morgan fingerprint density at radius 2 is 1.89 bits per heavy atom. The Kier molecular flexibility index (Phi) is 4.00. The molecule has 0 bridgehead atoms. The number of nitrogens with zero attached hydrogens (tertiary/aromatic N) is 2. The second-order valence-corrected chi connectivity index (χ2v) is 5.94. The van der Waals surface area contributed by atoms with Crippen LogP contribution in [-0.4, -0.2) is 9.78 Å². The van der Waals surface area contributed by atoms with Gasteiger partial charge in [0.05, 0.1) is 17.6 Å².